The van der Waals surface area contributed by atoms with Gasteiger partial charge in [-0.15, -0.1) is 0 Å². The van der Waals surface area contributed by atoms with Crippen molar-refractivity contribution in [1.82, 2.24) is 15.0 Å². The molecule has 0 bridgehead atoms. The summed E-state index contributed by atoms with van der Waals surface area (Å²) < 4.78 is 0. The maximum Gasteiger partial charge on any atom is 0.115 e. The molecule has 2 aromatic rings. The van der Waals surface area contributed by atoms with Crippen LogP contribution in [0.4, 0.5) is 0 Å². The second-order valence-electron chi connectivity index (χ2n) is 3.89. The van der Waals surface area contributed by atoms with E-state index in [0.29, 0.717) is 5.02 Å². The third-order valence-corrected chi connectivity index (χ3v) is 3.28. The van der Waals surface area contributed by atoms with Gasteiger partial charge in [-0.25, -0.2) is 9.97 Å². The van der Waals surface area contributed by atoms with E-state index < -0.39 is 0 Å². The van der Waals surface area contributed by atoms with Gasteiger partial charge in [0, 0.05) is 18.3 Å². The minimum Gasteiger partial charge on any atom is -0.260 e. The standard InChI is InChI=1S/C12H10ClN3/c13-10-6-14-7-16-12(10)9-4-3-8-2-1-5-15-11(8)9/h1-2,5-7,9H,3-4H2. The number of pyridine rings is 1. The quantitative estimate of drug-likeness (QED) is 0.757. The van der Waals surface area contributed by atoms with Gasteiger partial charge in [-0.2, -0.15) is 0 Å². The van der Waals surface area contributed by atoms with Gasteiger partial charge in [-0.3, -0.25) is 4.98 Å². The lowest BCUT2D eigenvalue weighted by Gasteiger charge is -2.10. The number of fused-ring (bicyclic) bond motifs is 1. The molecule has 16 heavy (non-hydrogen) atoms. The van der Waals surface area contributed by atoms with Crippen LogP contribution in [0.15, 0.2) is 30.9 Å². The second kappa shape index (κ2) is 3.83. The van der Waals surface area contributed by atoms with Gasteiger partial charge in [0.15, 0.2) is 0 Å². The number of aryl methyl sites for hydroxylation is 1. The molecule has 3 nitrogen and oxygen atoms in total. The Morgan fingerprint density at radius 3 is 3.06 bits per heavy atom. The number of aromatic nitrogens is 3. The summed E-state index contributed by atoms with van der Waals surface area (Å²) in [4.78, 5) is 12.6. The molecule has 0 aliphatic heterocycles. The van der Waals surface area contributed by atoms with Gasteiger partial charge in [-0.1, -0.05) is 17.7 Å². The Balaban J connectivity index is 2.08. The van der Waals surface area contributed by atoms with Crippen LogP contribution in [0.25, 0.3) is 0 Å². The molecule has 2 heterocycles. The first-order valence-corrected chi connectivity index (χ1v) is 5.63. The molecular formula is C12H10ClN3. The average molecular weight is 232 g/mol. The number of halogens is 1. The maximum atomic E-state index is 6.12. The number of hydrogen-bond donors (Lipinski definition) is 0. The van der Waals surface area contributed by atoms with Crippen molar-refractivity contribution in [2.75, 3.05) is 0 Å². The molecule has 1 aliphatic carbocycles. The lowest BCUT2D eigenvalue weighted by Crippen LogP contribution is -2.02. The van der Waals surface area contributed by atoms with E-state index in [1.165, 1.54) is 5.56 Å². The molecule has 0 fully saturated rings. The van der Waals surface area contributed by atoms with Crippen LogP contribution >= 0.6 is 11.6 Å². The molecule has 0 saturated carbocycles. The highest BCUT2D eigenvalue weighted by Crippen LogP contribution is 2.37. The number of rotatable bonds is 1. The minimum atomic E-state index is 0.228. The van der Waals surface area contributed by atoms with Crippen LogP contribution < -0.4 is 0 Å². The van der Waals surface area contributed by atoms with Gasteiger partial charge in [0.25, 0.3) is 0 Å². The smallest absolute Gasteiger partial charge is 0.115 e. The van der Waals surface area contributed by atoms with Crippen molar-refractivity contribution in [3.05, 3.63) is 52.8 Å². The van der Waals surface area contributed by atoms with Crippen LogP contribution in [0, 0.1) is 0 Å². The van der Waals surface area contributed by atoms with E-state index in [4.69, 9.17) is 11.6 Å². The lowest BCUT2D eigenvalue weighted by atomic mass is 10.0. The van der Waals surface area contributed by atoms with E-state index in [2.05, 4.69) is 21.0 Å². The highest BCUT2D eigenvalue weighted by Gasteiger charge is 2.27. The molecule has 80 valence electrons. The summed E-state index contributed by atoms with van der Waals surface area (Å²) in [6.07, 6.45) is 7.09. The van der Waals surface area contributed by atoms with Gasteiger partial charge in [0.2, 0.25) is 0 Å². The number of hydrogen-bond acceptors (Lipinski definition) is 3. The molecule has 3 rings (SSSR count). The summed E-state index contributed by atoms with van der Waals surface area (Å²) in [5, 5.41) is 0.631. The van der Waals surface area contributed by atoms with Gasteiger partial charge in [-0.05, 0) is 24.5 Å². The second-order valence-corrected chi connectivity index (χ2v) is 4.30. The van der Waals surface area contributed by atoms with Gasteiger partial charge in [0.1, 0.15) is 6.33 Å². The summed E-state index contributed by atoms with van der Waals surface area (Å²) in [5.41, 5.74) is 3.32. The van der Waals surface area contributed by atoms with Crippen LogP contribution in [0.2, 0.25) is 5.02 Å². The zero-order valence-corrected chi connectivity index (χ0v) is 9.35. The summed E-state index contributed by atoms with van der Waals surface area (Å²) in [6, 6.07) is 4.10. The molecule has 0 amide bonds. The third-order valence-electron chi connectivity index (χ3n) is 2.98. The Labute approximate surface area is 98.5 Å². The fourth-order valence-corrected chi connectivity index (χ4v) is 2.49. The van der Waals surface area contributed by atoms with E-state index in [1.54, 1.807) is 12.5 Å². The van der Waals surface area contributed by atoms with Crippen molar-refractivity contribution < 1.29 is 0 Å². The first-order valence-electron chi connectivity index (χ1n) is 5.25. The fourth-order valence-electron chi connectivity index (χ4n) is 2.26. The Hall–Kier alpha value is -1.48. The minimum absolute atomic E-state index is 0.228. The van der Waals surface area contributed by atoms with E-state index in [0.717, 1.165) is 24.2 Å². The topological polar surface area (TPSA) is 38.7 Å². The highest BCUT2D eigenvalue weighted by molar-refractivity contribution is 6.31. The summed E-state index contributed by atoms with van der Waals surface area (Å²) in [5.74, 6) is 0.228. The van der Waals surface area contributed by atoms with Crippen molar-refractivity contribution in [3.8, 4) is 0 Å². The first-order chi connectivity index (χ1) is 7.86. The molecule has 2 aromatic heterocycles. The van der Waals surface area contributed by atoms with E-state index in [1.807, 2.05) is 12.3 Å². The van der Waals surface area contributed by atoms with Gasteiger partial charge >= 0.3 is 0 Å². The molecule has 0 radical (unpaired) electrons. The lowest BCUT2D eigenvalue weighted by molar-refractivity contribution is 0.742. The van der Waals surface area contributed by atoms with Gasteiger partial charge in [0.05, 0.1) is 16.4 Å². The molecule has 0 N–H and O–H groups in total. The third kappa shape index (κ3) is 1.48. The Bertz CT molecular complexity index is 527. The molecule has 4 heteroatoms. The predicted octanol–water partition coefficient (Wildman–Crippen LogP) is 2.60. The Morgan fingerprint density at radius 2 is 2.19 bits per heavy atom. The fraction of sp³-hybridized carbons (Fsp3) is 0.250. The molecule has 1 atom stereocenters. The largest absolute Gasteiger partial charge is 0.260 e. The summed E-state index contributed by atoms with van der Waals surface area (Å²) in [6.45, 7) is 0. The van der Waals surface area contributed by atoms with Crippen LogP contribution in [0.1, 0.15) is 29.3 Å². The van der Waals surface area contributed by atoms with Crippen LogP contribution in [-0.4, -0.2) is 15.0 Å². The first kappa shape index (κ1) is 9.73. The molecule has 0 spiro atoms. The molecule has 1 aliphatic rings. The zero-order chi connectivity index (χ0) is 11.0. The average Bonchev–Trinajstić information content (AvgIpc) is 2.74. The van der Waals surface area contributed by atoms with Crippen molar-refractivity contribution in [2.45, 2.75) is 18.8 Å². The van der Waals surface area contributed by atoms with E-state index >= 15 is 0 Å². The van der Waals surface area contributed by atoms with Crippen molar-refractivity contribution in [3.63, 3.8) is 0 Å². The summed E-state index contributed by atoms with van der Waals surface area (Å²) in [7, 11) is 0. The van der Waals surface area contributed by atoms with Crippen LogP contribution in [0.5, 0.6) is 0 Å². The normalized spacial score (nSPS) is 18.4. The maximum absolute atomic E-state index is 6.12. The van der Waals surface area contributed by atoms with Crippen LogP contribution in [0.3, 0.4) is 0 Å². The summed E-state index contributed by atoms with van der Waals surface area (Å²) >= 11 is 6.12. The van der Waals surface area contributed by atoms with Crippen molar-refractivity contribution in [1.29, 1.82) is 0 Å². The monoisotopic (exact) mass is 231 g/mol. The molecule has 0 aromatic carbocycles. The number of nitrogens with zero attached hydrogens (tertiary/aromatic N) is 3. The Kier molecular flexibility index (Phi) is 2.33. The van der Waals surface area contributed by atoms with E-state index in [9.17, 15) is 0 Å². The highest BCUT2D eigenvalue weighted by atomic mass is 35.5. The van der Waals surface area contributed by atoms with Crippen molar-refractivity contribution >= 4 is 11.6 Å². The van der Waals surface area contributed by atoms with Gasteiger partial charge < -0.3 is 0 Å². The Morgan fingerprint density at radius 1 is 1.25 bits per heavy atom. The van der Waals surface area contributed by atoms with Crippen LogP contribution in [-0.2, 0) is 6.42 Å². The molecular weight excluding hydrogens is 222 g/mol. The predicted molar refractivity (Wildman–Crippen MR) is 61.4 cm³/mol. The molecule has 1 unspecified atom stereocenters. The van der Waals surface area contributed by atoms with Crippen molar-refractivity contribution in [2.24, 2.45) is 0 Å². The zero-order valence-electron chi connectivity index (χ0n) is 8.60. The SMILES string of the molecule is Clc1cncnc1C1CCc2cccnc21. The van der Waals surface area contributed by atoms with E-state index in [-0.39, 0.29) is 5.92 Å². The molecule has 0 saturated heterocycles.